The van der Waals surface area contributed by atoms with Crippen molar-refractivity contribution < 1.29 is 9.15 Å². The fourth-order valence-electron chi connectivity index (χ4n) is 2.38. The molecule has 0 unspecified atom stereocenters. The molecule has 2 aromatic carbocycles. The highest BCUT2D eigenvalue weighted by molar-refractivity contribution is 7.13. The first-order valence-electron chi connectivity index (χ1n) is 6.92. The van der Waals surface area contributed by atoms with Crippen LogP contribution in [-0.2, 0) is 0 Å². The van der Waals surface area contributed by atoms with E-state index in [0.717, 1.165) is 38.7 Å². The van der Waals surface area contributed by atoms with E-state index in [-0.39, 0.29) is 0 Å². The van der Waals surface area contributed by atoms with Crippen LogP contribution in [0.1, 0.15) is 0 Å². The molecular weight excluding hydrogens is 294 g/mol. The van der Waals surface area contributed by atoms with Crippen LogP contribution in [0.5, 0.6) is 5.75 Å². The van der Waals surface area contributed by atoms with Crippen molar-refractivity contribution >= 4 is 22.3 Å². The third-order valence-electron chi connectivity index (χ3n) is 3.50. The van der Waals surface area contributed by atoms with E-state index in [2.05, 4.69) is 0 Å². The van der Waals surface area contributed by atoms with E-state index in [9.17, 15) is 0 Å². The van der Waals surface area contributed by atoms with Crippen LogP contribution in [0.25, 0.3) is 33.0 Å². The molecule has 0 radical (unpaired) electrons. The van der Waals surface area contributed by atoms with Crippen LogP contribution < -0.4 is 4.74 Å². The van der Waals surface area contributed by atoms with Crippen LogP contribution >= 0.6 is 11.3 Å². The number of hydrogen-bond donors (Lipinski definition) is 0. The predicted octanol–water partition coefficient (Wildman–Crippen LogP) is 5.23. The van der Waals surface area contributed by atoms with Gasteiger partial charge in [-0.25, -0.2) is 4.98 Å². The van der Waals surface area contributed by atoms with Crippen molar-refractivity contribution in [1.29, 1.82) is 0 Å². The smallest absolute Gasteiger partial charge is 0.154 e. The number of methoxy groups -OCH3 is 1. The van der Waals surface area contributed by atoms with E-state index in [0.29, 0.717) is 0 Å². The summed E-state index contributed by atoms with van der Waals surface area (Å²) in [5, 5.41) is 4.06. The summed E-state index contributed by atoms with van der Waals surface area (Å²) < 4.78 is 11.1. The Kier molecular flexibility index (Phi) is 3.16. The summed E-state index contributed by atoms with van der Waals surface area (Å²) in [6.07, 6.45) is 0. The standard InChI is InChI=1S/C18H13NO2S/c1-20-14-7-4-6-13(9-14)18-19-15(11-22-18)17-10-12-5-2-3-8-16(12)21-17/h2-11H,1H3. The van der Waals surface area contributed by atoms with Crippen LogP contribution in [0.4, 0.5) is 0 Å². The molecule has 0 saturated heterocycles. The lowest BCUT2D eigenvalue weighted by molar-refractivity contribution is 0.415. The lowest BCUT2D eigenvalue weighted by Crippen LogP contribution is -1.83. The number of ether oxygens (including phenoxy) is 1. The van der Waals surface area contributed by atoms with Gasteiger partial charge in [0.15, 0.2) is 5.76 Å². The zero-order valence-corrected chi connectivity index (χ0v) is 12.8. The Morgan fingerprint density at radius 2 is 1.95 bits per heavy atom. The van der Waals surface area contributed by atoms with Crippen molar-refractivity contribution in [2.24, 2.45) is 0 Å². The summed E-state index contributed by atoms with van der Waals surface area (Å²) >= 11 is 1.60. The second kappa shape index (κ2) is 5.31. The number of furan rings is 1. The Bertz CT molecular complexity index is 906. The van der Waals surface area contributed by atoms with Gasteiger partial charge in [-0.2, -0.15) is 0 Å². The summed E-state index contributed by atoms with van der Waals surface area (Å²) in [5.74, 6) is 1.63. The molecule has 2 aromatic heterocycles. The van der Waals surface area contributed by atoms with Gasteiger partial charge in [-0.15, -0.1) is 11.3 Å². The predicted molar refractivity (Wildman–Crippen MR) is 89.3 cm³/mol. The van der Waals surface area contributed by atoms with Gasteiger partial charge in [0.25, 0.3) is 0 Å². The molecule has 108 valence electrons. The molecule has 4 heteroatoms. The van der Waals surface area contributed by atoms with Crippen LogP contribution in [0, 0.1) is 0 Å². The molecule has 0 fully saturated rings. The van der Waals surface area contributed by atoms with Gasteiger partial charge in [-0.05, 0) is 24.3 Å². The van der Waals surface area contributed by atoms with Crippen LogP contribution in [0.3, 0.4) is 0 Å². The molecule has 0 bridgehead atoms. The number of aromatic nitrogens is 1. The molecule has 3 nitrogen and oxygen atoms in total. The topological polar surface area (TPSA) is 35.3 Å². The van der Waals surface area contributed by atoms with Gasteiger partial charge in [0, 0.05) is 16.3 Å². The lowest BCUT2D eigenvalue weighted by atomic mass is 10.2. The zero-order chi connectivity index (χ0) is 14.9. The van der Waals surface area contributed by atoms with Crippen molar-refractivity contribution in [3.8, 4) is 27.8 Å². The monoisotopic (exact) mass is 307 g/mol. The normalized spacial score (nSPS) is 11.0. The highest BCUT2D eigenvalue weighted by atomic mass is 32.1. The maximum absolute atomic E-state index is 5.87. The number of nitrogens with zero attached hydrogens (tertiary/aromatic N) is 1. The fraction of sp³-hybridized carbons (Fsp3) is 0.0556. The summed E-state index contributed by atoms with van der Waals surface area (Å²) in [6, 6.07) is 17.9. The van der Waals surface area contributed by atoms with E-state index >= 15 is 0 Å². The summed E-state index contributed by atoms with van der Waals surface area (Å²) in [7, 11) is 1.67. The van der Waals surface area contributed by atoms with Crippen molar-refractivity contribution in [2.75, 3.05) is 7.11 Å². The Balaban J connectivity index is 1.74. The van der Waals surface area contributed by atoms with E-state index in [1.807, 2.05) is 60.0 Å². The zero-order valence-electron chi connectivity index (χ0n) is 11.9. The number of fused-ring (bicyclic) bond motifs is 1. The largest absolute Gasteiger partial charge is 0.497 e. The average Bonchev–Trinajstić information content (AvgIpc) is 3.21. The molecule has 22 heavy (non-hydrogen) atoms. The van der Waals surface area contributed by atoms with Gasteiger partial charge in [0.05, 0.1) is 7.11 Å². The van der Waals surface area contributed by atoms with Gasteiger partial charge in [-0.3, -0.25) is 0 Å². The fourth-order valence-corrected chi connectivity index (χ4v) is 3.19. The highest BCUT2D eigenvalue weighted by Crippen LogP contribution is 2.33. The molecule has 0 N–H and O–H groups in total. The number of benzene rings is 2. The second-order valence-corrected chi connectivity index (χ2v) is 5.78. The van der Waals surface area contributed by atoms with Crippen molar-refractivity contribution in [3.63, 3.8) is 0 Å². The summed E-state index contributed by atoms with van der Waals surface area (Å²) in [6.45, 7) is 0. The maximum Gasteiger partial charge on any atom is 0.154 e. The molecule has 0 aliphatic carbocycles. The van der Waals surface area contributed by atoms with Gasteiger partial charge in [0.2, 0.25) is 0 Å². The Morgan fingerprint density at radius 1 is 1.05 bits per heavy atom. The summed E-state index contributed by atoms with van der Waals surface area (Å²) in [4.78, 5) is 4.69. The third kappa shape index (κ3) is 2.27. The molecular formula is C18H13NO2S. The van der Waals surface area contributed by atoms with Gasteiger partial charge >= 0.3 is 0 Å². The van der Waals surface area contributed by atoms with E-state index < -0.39 is 0 Å². The number of rotatable bonds is 3. The minimum absolute atomic E-state index is 0.798. The highest BCUT2D eigenvalue weighted by Gasteiger charge is 2.11. The SMILES string of the molecule is COc1cccc(-c2nc(-c3cc4ccccc4o3)cs2)c1. The van der Waals surface area contributed by atoms with Crippen LogP contribution in [0.15, 0.2) is 64.4 Å². The van der Waals surface area contributed by atoms with Crippen molar-refractivity contribution in [1.82, 2.24) is 4.98 Å². The average molecular weight is 307 g/mol. The second-order valence-electron chi connectivity index (χ2n) is 4.92. The molecule has 4 aromatic rings. The molecule has 4 rings (SSSR count). The van der Waals surface area contributed by atoms with Crippen LogP contribution in [-0.4, -0.2) is 12.1 Å². The molecule has 0 saturated carbocycles. The van der Waals surface area contributed by atoms with Crippen molar-refractivity contribution in [3.05, 3.63) is 60.0 Å². The first kappa shape index (κ1) is 13.1. The van der Waals surface area contributed by atoms with Crippen molar-refractivity contribution in [2.45, 2.75) is 0 Å². The van der Waals surface area contributed by atoms with E-state index in [1.54, 1.807) is 18.4 Å². The molecule has 0 aliphatic rings. The lowest BCUT2D eigenvalue weighted by Gasteiger charge is -2.00. The summed E-state index contributed by atoms with van der Waals surface area (Å²) in [5.41, 5.74) is 2.79. The molecule has 0 spiro atoms. The van der Waals surface area contributed by atoms with Gasteiger partial charge in [0.1, 0.15) is 22.0 Å². The molecule has 0 atom stereocenters. The van der Waals surface area contributed by atoms with Gasteiger partial charge < -0.3 is 9.15 Å². The number of hydrogen-bond acceptors (Lipinski definition) is 4. The minimum atomic E-state index is 0.798. The van der Waals surface area contributed by atoms with Gasteiger partial charge in [-0.1, -0.05) is 30.3 Å². The quantitative estimate of drug-likeness (QED) is 0.519. The third-order valence-corrected chi connectivity index (χ3v) is 4.39. The van der Waals surface area contributed by atoms with E-state index in [1.165, 1.54) is 0 Å². The number of thiazole rings is 1. The van der Waals surface area contributed by atoms with E-state index in [4.69, 9.17) is 14.1 Å². The Morgan fingerprint density at radius 3 is 2.82 bits per heavy atom. The Hall–Kier alpha value is -2.59. The first-order chi connectivity index (χ1) is 10.8. The molecule has 0 aliphatic heterocycles. The molecule has 2 heterocycles. The maximum atomic E-state index is 5.87. The Labute approximate surface area is 131 Å². The minimum Gasteiger partial charge on any atom is -0.497 e. The van der Waals surface area contributed by atoms with Crippen LogP contribution in [0.2, 0.25) is 0 Å². The number of para-hydroxylation sites is 1. The first-order valence-corrected chi connectivity index (χ1v) is 7.80. The molecule has 0 amide bonds.